The number of hydrogen-bond acceptors (Lipinski definition) is 5. The van der Waals surface area contributed by atoms with Crippen molar-refractivity contribution in [2.24, 2.45) is 5.92 Å². The monoisotopic (exact) mass is 296 g/mol. The van der Waals surface area contributed by atoms with Gasteiger partial charge in [-0.1, -0.05) is 13.0 Å². The molecule has 0 radical (unpaired) electrons. The van der Waals surface area contributed by atoms with Crippen LogP contribution in [-0.2, 0) is 4.74 Å². The Bertz CT molecular complexity index is 641. The van der Waals surface area contributed by atoms with Crippen molar-refractivity contribution < 1.29 is 14.9 Å². The summed E-state index contributed by atoms with van der Waals surface area (Å²) in [4.78, 5) is 25.2. The van der Waals surface area contributed by atoms with Crippen molar-refractivity contribution in [2.75, 3.05) is 6.61 Å². The first-order valence-corrected chi connectivity index (χ1v) is 6.78. The molecule has 0 saturated carbocycles. The second-order valence-electron chi connectivity index (χ2n) is 5.44. The quantitative estimate of drug-likeness (QED) is 0.665. The second kappa shape index (κ2) is 5.25. The van der Waals surface area contributed by atoms with Gasteiger partial charge in [-0.2, -0.15) is 0 Å². The van der Waals surface area contributed by atoms with Gasteiger partial charge >= 0.3 is 5.69 Å². The number of aromatic nitrogens is 2. The van der Waals surface area contributed by atoms with Crippen LogP contribution in [0, 0.1) is 5.92 Å². The van der Waals surface area contributed by atoms with E-state index in [0.29, 0.717) is 6.42 Å². The van der Waals surface area contributed by atoms with Crippen LogP contribution < -0.4 is 11.2 Å². The molecule has 1 aliphatic rings. The minimum absolute atomic E-state index is 0.357. The fourth-order valence-corrected chi connectivity index (χ4v) is 2.96. The first kappa shape index (κ1) is 15.7. The van der Waals surface area contributed by atoms with Gasteiger partial charge in [0.1, 0.15) is 17.4 Å². The Labute approximate surface area is 121 Å². The predicted molar refractivity (Wildman–Crippen MR) is 75.9 cm³/mol. The molecule has 4 unspecified atom stereocenters. The van der Waals surface area contributed by atoms with E-state index >= 15 is 0 Å². The molecule has 2 heterocycles. The maximum atomic E-state index is 11.9. The van der Waals surface area contributed by atoms with E-state index in [4.69, 9.17) is 4.74 Å². The van der Waals surface area contributed by atoms with Crippen molar-refractivity contribution in [2.45, 2.75) is 37.7 Å². The Morgan fingerprint density at radius 1 is 1.57 bits per heavy atom. The molecular formula is C14H20N2O5. The van der Waals surface area contributed by atoms with Crippen molar-refractivity contribution in [3.8, 4) is 0 Å². The Morgan fingerprint density at radius 2 is 2.24 bits per heavy atom. The molecule has 7 nitrogen and oxygen atoms in total. The molecule has 0 aromatic carbocycles. The fourth-order valence-electron chi connectivity index (χ4n) is 2.96. The standard InChI is InChI=1S/C14H20N2O5/c1-4-9-11(16-7-6-10(18)15-12(16)19)21-14(5-2,8-17)13(9,3)20/h4,6-7,9,11,17,20H,1,5,8H2,2-3H3,(H,15,18,19). The third-order valence-electron chi connectivity index (χ3n) is 4.43. The second-order valence-corrected chi connectivity index (χ2v) is 5.44. The van der Waals surface area contributed by atoms with Crippen LogP contribution in [0.4, 0.5) is 0 Å². The molecule has 4 atom stereocenters. The number of hydrogen-bond donors (Lipinski definition) is 3. The molecule has 1 aromatic heterocycles. The molecule has 1 fully saturated rings. The molecular weight excluding hydrogens is 276 g/mol. The SMILES string of the molecule is C=CC1C(n2ccc(=O)[nH]c2=O)OC(CC)(CO)C1(C)O. The largest absolute Gasteiger partial charge is 0.393 e. The van der Waals surface area contributed by atoms with Crippen molar-refractivity contribution in [3.63, 3.8) is 0 Å². The van der Waals surface area contributed by atoms with Crippen LogP contribution in [0.5, 0.6) is 0 Å². The highest BCUT2D eigenvalue weighted by molar-refractivity contribution is 5.13. The summed E-state index contributed by atoms with van der Waals surface area (Å²) in [6, 6.07) is 1.20. The van der Waals surface area contributed by atoms with Gasteiger partial charge < -0.3 is 14.9 Å². The molecule has 7 heteroatoms. The highest BCUT2D eigenvalue weighted by Crippen LogP contribution is 2.50. The van der Waals surface area contributed by atoms with Gasteiger partial charge in [-0.15, -0.1) is 6.58 Å². The molecule has 3 N–H and O–H groups in total. The summed E-state index contributed by atoms with van der Waals surface area (Å²) in [6.07, 6.45) is 2.31. The molecule has 2 rings (SSSR count). The van der Waals surface area contributed by atoms with Crippen LogP contribution in [0.15, 0.2) is 34.5 Å². The molecule has 1 saturated heterocycles. The molecule has 116 valence electrons. The Kier molecular flexibility index (Phi) is 3.92. The van der Waals surface area contributed by atoms with E-state index < -0.39 is 41.2 Å². The lowest BCUT2D eigenvalue weighted by Crippen LogP contribution is -2.53. The van der Waals surface area contributed by atoms with E-state index in [1.807, 2.05) is 0 Å². The molecule has 1 aliphatic heterocycles. The van der Waals surface area contributed by atoms with Crippen LogP contribution in [0.2, 0.25) is 0 Å². The van der Waals surface area contributed by atoms with Crippen LogP contribution >= 0.6 is 0 Å². The molecule has 1 aromatic rings. The zero-order chi connectivity index (χ0) is 15.8. The van der Waals surface area contributed by atoms with Crippen molar-refractivity contribution >= 4 is 0 Å². The van der Waals surface area contributed by atoms with Gasteiger partial charge in [0, 0.05) is 12.3 Å². The molecule has 0 bridgehead atoms. The van der Waals surface area contributed by atoms with E-state index in [1.165, 1.54) is 22.9 Å². The summed E-state index contributed by atoms with van der Waals surface area (Å²) in [7, 11) is 0. The number of ether oxygens (including phenoxy) is 1. The zero-order valence-corrected chi connectivity index (χ0v) is 12.1. The first-order chi connectivity index (χ1) is 9.82. The lowest BCUT2D eigenvalue weighted by molar-refractivity contribution is -0.161. The smallest absolute Gasteiger partial charge is 0.330 e. The topological polar surface area (TPSA) is 105 Å². The van der Waals surface area contributed by atoms with Crippen LogP contribution in [0.1, 0.15) is 26.5 Å². The van der Waals surface area contributed by atoms with Crippen LogP contribution in [0.3, 0.4) is 0 Å². The number of nitrogens with zero attached hydrogens (tertiary/aromatic N) is 1. The summed E-state index contributed by atoms with van der Waals surface area (Å²) < 4.78 is 7.03. The van der Waals surface area contributed by atoms with E-state index in [0.717, 1.165) is 0 Å². The molecule has 0 spiro atoms. The molecule has 0 aliphatic carbocycles. The maximum absolute atomic E-state index is 11.9. The number of nitrogens with one attached hydrogen (secondary N) is 1. The van der Waals surface area contributed by atoms with Gasteiger partial charge in [0.05, 0.1) is 12.5 Å². The van der Waals surface area contributed by atoms with E-state index in [1.54, 1.807) is 13.8 Å². The maximum Gasteiger partial charge on any atom is 0.330 e. The van der Waals surface area contributed by atoms with Crippen LogP contribution in [-0.4, -0.2) is 37.6 Å². The van der Waals surface area contributed by atoms with Gasteiger partial charge in [0.2, 0.25) is 0 Å². The number of aliphatic hydroxyl groups excluding tert-OH is 1. The predicted octanol–water partition coefficient (Wildman–Crippen LogP) is -0.240. The number of aromatic amines is 1. The summed E-state index contributed by atoms with van der Waals surface area (Å²) in [5.74, 6) is -0.617. The van der Waals surface area contributed by atoms with Gasteiger partial charge in [0.25, 0.3) is 5.56 Å². The summed E-state index contributed by atoms with van der Waals surface area (Å²) in [6.45, 7) is 6.63. The number of H-pyrrole nitrogens is 1. The Balaban J connectivity index is 2.57. The van der Waals surface area contributed by atoms with Crippen molar-refractivity contribution in [1.29, 1.82) is 0 Å². The normalized spacial score (nSPS) is 35.8. The summed E-state index contributed by atoms with van der Waals surface area (Å²) >= 11 is 0. The fraction of sp³-hybridized carbons (Fsp3) is 0.571. The van der Waals surface area contributed by atoms with Crippen molar-refractivity contribution in [1.82, 2.24) is 9.55 Å². The van der Waals surface area contributed by atoms with Crippen molar-refractivity contribution in [3.05, 3.63) is 45.8 Å². The zero-order valence-electron chi connectivity index (χ0n) is 12.1. The third kappa shape index (κ3) is 2.17. The average molecular weight is 296 g/mol. The number of aliphatic hydroxyl groups is 2. The Hall–Kier alpha value is -1.70. The lowest BCUT2D eigenvalue weighted by Gasteiger charge is -2.37. The van der Waals surface area contributed by atoms with E-state index in [2.05, 4.69) is 11.6 Å². The van der Waals surface area contributed by atoms with E-state index in [9.17, 15) is 19.8 Å². The van der Waals surface area contributed by atoms with Gasteiger partial charge in [-0.05, 0) is 13.3 Å². The van der Waals surface area contributed by atoms with E-state index in [-0.39, 0.29) is 0 Å². The first-order valence-electron chi connectivity index (χ1n) is 6.78. The number of rotatable bonds is 4. The third-order valence-corrected chi connectivity index (χ3v) is 4.43. The van der Waals surface area contributed by atoms with Gasteiger partial charge in [0.15, 0.2) is 0 Å². The highest BCUT2D eigenvalue weighted by atomic mass is 16.6. The summed E-state index contributed by atoms with van der Waals surface area (Å²) in [5.41, 5.74) is -3.76. The molecule has 0 amide bonds. The lowest BCUT2D eigenvalue weighted by atomic mass is 9.76. The van der Waals surface area contributed by atoms with Gasteiger partial charge in [-0.3, -0.25) is 14.3 Å². The highest BCUT2D eigenvalue weighted by Gasteiger charge is 2.61. The minimum atomic E-state index is -1.40. The van der Waals surface area contributed by atoms with Gasteiger partial charge in [-0.25, -0.2) is 4.79 Å². The molecule has 21 heavy (non-hydrogen) atoms. The average Bonchev–Trinajstić information content (AvgIpc) is 2.66. The summed E-state index contributed by atoms with van der Waals surface area (Å²) in [5, 5.41) is 20.5. The van der Waals surface area contributed by atoms with Crippen LogP contribution in [0.25, 0.3) is 0 Å². The minimum Gasteiger partial charge on any atom is -0.393 e. The Morgan fingerprint density at radius 3 is 2.71 bits per heavy atom.